The highest BCUT2D eigenvalue weighted by Crippen LogP contribution is 2.22. The van der Waals surface area contributed by atoms with Gasteiger partial charge >= 0.3 is 5.69 Å². The lowest BCUT2D eigenvalue weighted by atomic mass is 10.0. The first-order chi connectivity index (χ1) is 13.7. The fourth-order valence-electron chi connectivity index (χ4n) is 3.71. The number of hydrogen-bond acceptors (Lipinski definition) is 5. The van der Waals surface area contributed by atoms with Gasteiger partial charge in [0, 0.05) is 31.9 Å². The van der Waals surface area contributed by atoms with Crippen molar-refractivity contribution in [2.75, 3.05) is 33.2 Å². The van der Waals surface area contributed by atoms with Gasteiger partial charge in [-0.15, -0.1) is 0 Å². The minimum absolute atomic E-state index is 0.0584. The van der Waals surface area contributed by atoms with E-state index >= 15 is 0 Å². The molecule has 3 rings (SSSR count). The molecular weight excluding hydrogens is 370 g/mol. The van der Waals surface area contributed by atoms with Crippen molar-refractivity contribution < 1.29 is 4.79 Å². The molecule has 2 aromatic heterocycles. The predicted octanol–water partition coefficient (Wildman–Crippen LogP) is 1.64. The van der Waals surface area contributed by atoms with Crippen molar-refractivity contribution in [3.63, 3.8) is 0 Å². The highest BCUT2D eigenvalue weighted by atomic mass is 16.2. The fraction of sp³-hybridized carbons (Fsp3) is 0.619. The monoisotopic (exact) mass is 401 g/mol. The summed E-state index contributed by atoms with van der Waals surface area (Å²) in [5.41, 5.74) is 0.300. The predicted molar refractivity (Wildman–Crippen MR) is 114 cm³/mol. The molecule has 1 N–H and O–H groups in total. The van der Waals surface area contributed by atoms with Gasteiger partial charge in [0.2, 0.25) is 0 Å². The van der Waals surface area contributed by atoms with Gasteiger partial charge in [0.25, 0.3) is 11.5 Å². The molecule has 0 radical (unpaired) electrons. The normalized spacial score (nSPS) is 16.0. The number of aromatic nitrogens is 3. The van der Waals surface area contributed by atoms with Gasteiger partial charge < -0.3 is 9.80 Å². The number of carbonyl (C=O) groups excluding carboxylic acids is 1. The van der Waals surface area contributed by atoms with Crippen molar-refractivity contribution in [2.24, 2.45) is 5.92 Å². The molecule has 158 valence electrons. The van der Waals surface area contributed by atoms with Crippen LogP contribution in [0.1, 0.15) is 56.1 Å². The summed E-state index contributed by atoms with van der Waals surface area (Å²) >= 11 is 0. The molecule has 0 saturated carbocycles. The first-order valence-electron chi connectivity index (χ1n) is 10.3. The molecule has 1 aliphatic rings. The summed E-state index contributed by atoms with van der Waals surface area (Å²) in [5, 5.41) is 0.206. The summed E-state index contributed by atoms with van der Waals surface area (Å²) in [6, 6.07) is 1.73. The number of pyridine rings is 1. The van der Waals surface area contributed by atoms with Crippen molar-refractivity contribution >= 4 is 16.9 Å². The van der Waals surface area contributed by atoms with Gasteiger partial charge in [-0.1, -0.05) is 27.7 Å². The maximum Gasteiger partial charge on any atom is 0.330 e. The zero-order valence-electron chi connectivity index (χ0n) is 18.0. The molecule has 0 aliphatic carbocycles. The van der Waals surface area contributed by atoms with Crippen molar-refractivity contribution in [1.82, 2.24) is 24.3 Å². The lowest BCUT2D eigenvalue weighted by Gasteiger charge is -2.22. The Balaban J connectivity index is 2.24. The standard InChI is InChI=1S/C21H31N5O3/c1-13(2)12-26-18-17(19(27)23-21(26)29)15(11-16(22-18)14(3)4)20(28)25-8-6-7-24(5)9-10-25/h11,13-14H,6-10,12H2,1-5H3,(H,23,27,29). The highest BCUT2D eigenvalue weighted by Gasteiger charge is 2.25. The fourth-order valence-corrected chi connectivity index (χ4v) is 3.71. The molecule has 3 heterocycles. The van der Waals surface area contributed by atoms with E-state index in [1.165, 1.54) is 4.57 Å². The zero-order chi connectivity index (χ0) is 21.3. The summed E-state index contributed by atoms with van der Waals surface area (Å²) in [7, 11) is 2.04. The van der Waals surface area contributed by atoms with E-state index in [0.29, 0.717) is 36.5 Å². The van der Waals surface area contributed by atoms with E-state index in [4.69, 9.17) is 0 Å². The van der Waals surface area contributed by atoms with E-state index < -0.39 is 11.2 Å². The van der Waals surface area contributed by atoms with E-state index in [1.807, 2.05) is 34.7 Å². The first-order valence-corrected chi connectivity index (χ1v) is 10.3. The van der Waals surface area contributed by atoms with Gasteiger partial charge in [-0.3, -0.25) is 19.1 Å². The number of nitrogens with zero attached hydrogens (tertiary/aromatic N) is 4. The van der Waals surface area contributed by atoms with Crippen molar-refractivity contribution in [2.45, 2.75) is 46.6 Å². The van der Waals surface area contributed by atoms with Gasteiger partial charge in [-0.2, -0.15) is 0 Å². The summed E-state index contributed by atoms with van der Waals surface area (Å²) in [6.07, 6.45) is 0.886. The van der Waals surface area contributed by atoms with Crippen molar-refractivity contribution in [3.05, 3.63) is 38.2 Å². The van der Waals surface area contributed by atoms with Crippen LogP contribution >= 0.6 is 0 Å². The Morgan fingerprint density at radius 1 is 1.14 bits per heavy atom. The second-order valence-corrected chi connectivity index (χ2v) is 8.66. The van der Waals surface area contributed by atoms with Crippen LogP contribution in [0.4, 0.5) is 0 Å². The molecule has 0 bridgehead atoms. The summed E-state index contributed by atoms with van der Waals surface area (Å²) < 4.78 is 1.49. The smallest absolute Gasteiger partial charge is 0.330 e. The molecule has 1 fully saturated rings. The lowest BCUT2D eigenvalue weighted by molar-refractivity contribution is 0.0764. The number of rotatable bonds is 4. The maximum atomic E-state index is 13.5. The highest BCUT2D eigenvalue weighted by molar-refractivity contribution is 6.05. The van der Waals surface area contributed by atoms with Crippen molar-refractivity contribution in [3.8, 4) is 0 Å². The Bertz CT molecular complexity index is 1020. The summed E-state index contributed by atoms with van der Waals surface area (Å²) in [4.78, 5) is 49.7. The van der Waals surface area contributed by atoms with Crippen LogP contribution in [0.3, 0.4) is 0 Å². The Morgan fingerprint density at radius 3 is 2.52 bits per heavy atom. The lowest BCUT2D eigenvalue weighted by Crippen LogP contribution is -2.37. The Morgan fingerprint density at radius 2 is 1.86 bits per heavy atom. The Hall–Kier alpha value is -2.48. The third kappa shape index (κ3) is 4.42. The number of H-pyrrole nitrogens is 1. The van der Waals surface area contributed by atoms with E-state index in [-0.39, 0.29) is 23.1 Å². The molecule has 0 unspecified atom stereocenters. The van der Waals surface area contributed by atoms with E-state index in [2.05, 4.69) is 14.9 Å². The van der Waals surface area contributed by atoms with Gasteiger partial charge in [0.1, 0.15) is 0 Å². The molecule has 8 nitrogen and oxygen atoms in total. The molecule has 1 aliphatic heterocycles. The molecular formula is C21H31N5O3. The number of fused-ring (bicyclic) bond motifs is 1. The van der Waals surface area contributed by atoms with Gasteiger partial charge in [-0.25, -0.2) is 9.78 Å². The number of carbonyl (C=O) groups is 1. The van der Waals surface area contributed by atoms with E-state index in [1.54, 1.807) is 11.0 Å². The number of hydrogen-bond donors (Lipinski definition) is 1. The van der Waals surface area contributed by atoms with Crippen LogP contribution in [-0.4, -0.2) is 63.5 Å². The zero-order valence-corrected chi connectivity index (χ0v) is 18.0. The molecule has 0 atom stereocenters. The average Bonchev–Trinajstić information content (AvgIpc) is 2.87. The second kappa shape index (κ2) is 8.49. The Kier molecular flexibility index (Phi) is 6.21. The van der Waals surface area contributed by atoms with E-state index in [0.717, 1.165) is 19.5 Å². The van der Waals surface area contributed by atoms with Gasteiger partial charge in [-0.05, 0) is 37.9 Å². The molecule has 1 saturated heterocycles. The van der Waals surface area contributed by atoms with Crippen LogP contribution in [0, 0.1) is 5.92 Å². The molecule has 0 spiro atoms. The topological polar surface area (TPSA) is 91.3 Å². The SMILES string of the molecule is CC(C)Cn1c(=O)[nH]c(=O)c2c(C(=O)N3CCCN(C)CC3)cc(C(C)C)nc21. The molecule has 1 amide bonds. The van der Waals surface area contributed by atoms with Gasteiger partial charge in [0.15, 0.2) is 5.65 Å². The summed E-state index contributed by atoms with van der Waals surface area (Å²) in [5.74, 6) is 0.0737. The first kappa shape index (κ1) is 21.2. The van der Waals surface area contributed by atoms with Crippen LogP contribution in [0.25, 0.3) is 11.0 Å². The number of likely N-dealkylation sites (N-methyl/N-ethyl adjacent to an activating group) is 1. The number of aromatic amines is 1. The third-order valence-electron chi connectivity index (χ3n) is 5.34. The molecule has 8 heteroatoms. The second-order valence-electron chi connectivity index (χ2n) is 8.66. The number of amides is 1. The molecule has 0 aromatic carbocycles. The molecule has 2 aromatic rings. The maximum absolute atomic E-state index is 13.5. The minimum Gasteiger partial charge on any atom is -0.337 e. The van der Waals surface area contributed by atoms with Crippen LogP contribution in [0.5, 0.6) is 0 Å². The minimum atomic E-state index is -0.553. The average molecular weight is 402 g/mol. The molecule has 29 heavy (non-hydrogen) atoms. The summed E-state index contributed by atoms with van der Waals surface area (Å²) in [6.45, 7) is 11.4. The van der Waals surface area contributed by atoms with Crippen LogP contribution in [0.15, 0.2) is 15.7 Å². The van der Waals surface area contributed by atoms with Crippen molar-refractivity contribution in [1.29, 1.82) is 0 Å². The van der Waals surface area contributed by atoms with E-state index in [9.17, 15) is 14.4 Å². The largest absolute Gasteiger partial charge is 0.337 e. The number of nitrogens with one attached hydrogen (secondary N) is 1. The Labute approximate surface area is 170 Å². The third-order valence-corrected chi connectivity index (χ3v) is 5.34. The van der Waals surface area contributed by atoms with Gasteiger partial charge in [0.05, 0.1) is 10.9 Å². The van der Waals surface area contributed by atoms with Crippen LogP contribution < -0.4 is 11.2 Å². The van der Waals surface area contributed by atoms with Crippen LogP contribution in [0.2, 0.25) is 0 Å². The van der Waals surface area contributed by atoms with Crippen LogP contribution in [-0.2, 0) is 6.54 Å². The quantitative estimate of drug-likeness (QED) is 0.841.